The molecule has 8 heteroatoms. The standard InChI is InChI=1S/C14H20N6O2/c1-10-8-12(17-22-10)16-14(21)20-7-6-18(2)11(9-20)13-15-4-5-19(13)3/h4-5,8,11H,6-7,9H2,1-3H3,(H,16,17,21)/t11-/m1/s1. The Hall–Kier alpha value is -2.35. The van der Waals surface area contributed by atoms with Gasteiger partial charge in [0.1, 0.15) is 11.6 Å². The van der Waals surface area contributed by atoms with Crippen LogP contribution in [0.15, 0.2) is 23.0 Å². The van der Waals surface area contributed by atoms with Gasteiger partial charge in [-0.3, -0.25) is 10.2 Å². The monoisotopic (exact) mass is 304 g/mol. The number of nitrogens with one attached hydrogen (secondary N) is 1. The second-order valence-corrected chi connectivity index (χ2v) is 5.59. The second kappa shape index (κ2) is 5.80. The molecule has 22 heavy (non-hydrogen) atoms. The maximum Gasteiger partial charge on any atom is 0.323 e. The van der Waals surface area contributed by atoms with Crippen molar-refractivity contribution in [3.8, 4) is 0 Å². The fourth-order valence-electron chi connectivity index (χ4n) is 2.65. The Morgan fingerprint density at radius 3 is 2.86 bits per heavy atom. The quantitative estimate of drug-likeness (QED) is 0.903. The first kappa shape index (κ1) is 14.6. The zero-order valence-electron chi connectivity index (χ0n) is 13.0. The third-order valence-electron chi connectivity index (χ3n) is 3.95. The Kier molecular flexibility index (Phi) is 3.84. The van der Waals surface area contributed by atoms with Gasteiger partial charge >= 0.3 is 6.03 Å². The molecule has 2 aromatic heterocycles. The van der Waals surface area contributed by atoms with E-state index >= 15 is 0 Å². The Morgan fingerprint density at radius 1 is 1.41 bits per heavy atom. The van der Waals surface area contributed by atoms with E-state index in [2.05, 4.69) is 27.4 Å². The summed E-state index contributed by atoms with van der Waals surface area (Å²) in [5.41, 5.74) is 0. The largest absolute Gasteiger partial charge is 0.360 e. The predicted molar refractivity (Wildman–Crippen MR) is 80.4 cm³/mol. The van der Waals surface area contributed by atoms with Gasteiger partial charge in [-0.05, 0) is 14.0 Å². The van der Waals surface area contributed by atoms with Crippen molar-refractivity contribution in [1.29, 1.82) is 0 Å². The number of anilines is 1. The van der Waals surface area contributed by atoms with Crippen molar-refractivity contribution >= 4 is 11.8 Å². The number of aryl methyl sites for hydroxylation is 2. The van der Waals surface area contributed by atoms with E-state index in [4.69, 9.17) is 4.52 Å². The summed E-state index contributed by atoms with van der Waals surface area (Å²) in [6.07, 6.45) is 3.70. The van der Waals surface area contributed by atoms with Crippen LogP contribution in [0.25, 0.3) is 0 Å². The molecule has 3 rings (SSSR count). The number of piperazine rings is 1. The van der Waals surface area contributed by atoms with Crippen molar-refractivity contribution in [3.05, 3.63) is 30.0 Å². The second-order valence-electron chi connectivity index (χ2n) is 5.59. The molecule has 3 heterocycles. The number of carbonyl (C=O) groups is 1. The van der Waals surface area contributed by atoms with Crippen molar-refractivity contribution in [2.24, 2.45) is 7.05 Å². The van der Waals surface area contributed by atoms with Gasteiger partial charge in [0.15, 0.2) is 5.82 Å². The molecule has 1 fully saturated rings. The normalized spacial score (nSPS) is 19.4. The van der Waals surface area contributed by atoms with Crippen molar-refractivity contribution in [1.82, 2.24) is 24.5 Å². The van der Waals surface area contributed by atoms with Gasteiger partial charge in [0, 0.05) is 45.1 Å². The molecule has 2 amide bonds. The van der Waals surface area contributed by atoms with E-state index in [-0.39, 0.29) is 12.1 Å². The van der Waals surface area contributed by atoms with E-state index in [1.807, 2.05) is 17.8 Å². The van der Waals surface area contributed by atoms with Crippen LogP contribution in [-0.2, 0) is 7.05 Å². The average molecular weight is 304 g/mol. The highest BCUT2D eigenvalue weighted by Crippen LogP contribution is 2.22. The molecule has 0 aliphatic carbocycles. The molecule has 1 atom stereocenters. The van der Waals surface area contributed by atoms with E-state index in [0.717, 1.165) is 12.4 Å². The van der Waals surface area contributed by atoms with Crippen molar-refractivity contribution in [2.45, 2.75) is 13.0 Å². The van der Waals surface area contributed by atoms with Crippen LogP contribution in [-0.4, -0.2) is 57.2 Å². The first-order valence-electron chi connectivity index (χ1n) is 7.21. The van der Waals surface area contributed by atoms with Crippen LogP contribution >= 0.6 is 0 Å². The van der Waals surface area contributed by atoms with E-state index in [9.17, 15) is 4.79 Å². The summed E-state index contributed by atoms with van der Waals surface area (Å²) in [5.74, 6) is 2.06. The Balaban J connectivity index is 1.70. The molecule has 1 aliphatic rings. The van der Waals surface area contributed by atoms with Gasteiger partial charge in [-0.2, -0.15) is 0 Å². The van der Waals surface area contributed by atoms with E-state index in [1.165, 1.54) is 0 Å². The Bertz CT molecular complexity index is 664. The predicted octanol–water partition coefficient (Wildman–Crippen LogP) is 1.24. The van der Waals surface area contributed by atoms with Gasteiger partial charge < -0.3 is 14.0 Å². The lowest BCUT2D eigenvalue weighted by Gasteiger charge is -2.38. The molecule has 0 unspecified atom stereocenters. The molecule has 1 N–H and O–H groups in total. The molecule has 8 nitrogen and oxygen atoms in total. The molecule has 118 valence electrons. The fraction of sp³-hybridized carbons (Fsp3) is 0.500. The van der Waals surface area contributed by atoms with Gasteiger partial charge in [-0.15, -0.1) is 0 Å². The summed E-state index contributed by atoms with van der Waals surface area (Å²) >= 11 is 0. The van der Waals surface area contributed by atoms with Crippen LogP contribution in [0.1, 0.15) is 17.6 Å². The molecule has 0 radical (unpaired) electrons. The van der Waals surface area contributed by atoms with Gasteiger partial charge in [-0.25, -0.2) is 9.78 Å². The highest BCUT2D eigenvalue weighted by molar-refractivity contribution is 5.88. The number of rotatable bonds is 2. The van der Waals surface area contributed by atoms with Crippen LogP contribution in [0, 0.1) is 6.92 Å². The molecule has 2 aromatic rings. The Labute approximate surface area is 128 Å². The third-order valence-corrected chi connectivity index (χ3v) is 3.95. The first-order chi connectivity index (χ1) is 10.5. The highest BCUT2D eigenvalue weighted by Gasteiger charge is 2.30. The van der Waals surface area contributed by atoms with Crippen LogP contribution in [0.5, 0.6) is 0 Å². The zero-order valence-corrected chi connectivity index (χ0v) is 13.0. The number of carbonyl (C=O) groups excluding carboxylic acids is 1. The summed E-state index contributed by atoms with van der Waals surface area (Å²) < 4.78 is 6.95. The number of urea groups is 1. The maximum atomic E-state index is 12.4. The summed E-state index contributed by atoms with van der Waals surface area (Å²) in [6.45, 7) is 3.84. The summed E-state index contributed by atoms with van der Waals surface area (Å²) in [6, 6.07) is 1.61. The molecular weight excluding hydrogens is 284 g/mol. The van der Waals surface area contributed by atoms with E-state index in [1.54, 1.807) is 24.1 Å². The van der Waals surface area contributed by atoms with Gasteiger partial charge in [0.05, 0.1) is 6.04 Å². The lowest BCUT2D eigenvalue weighted by atomic mass is 10.1. The van der Waals surface area contributed by atoms with Crippen LogP contribution in [0.2, 0.25) is 0 Å². The minimum Gasteiger partial charge on any atom is -0.360 e. The van der Waals surface area contributed by atoms with Crippen molar-refractivity contribution < 1.29 is 9.32 Å². The summed E-state index contributed by atoms with van der Waals surface area (Å²) in [5, 5.41) is 6.55. The van der Waals surface area contributed by atoms with Crippen LogP contribution in [0.3, 0.4) is 0 Å². The number of imidazole rings is 1. The molecule has 0 aromatic carbocycles. The minimum absolute atomic E-state index is 0.0820. The van der Waals surface area contributed by atoms with Gasteiger partial charge in [0.2, 0.25) is 0 Å². The number of hydrogen-bond donors (Lipinski definition) is 1. The molecule has 0 bridgehead atoms. The molecule has 0 spiro atoms. The number of hydrogen-bond acceptors (Lipinski definition) is 5. The highest BCUT2D eigenvalue weighted by atomic mass is 16.5. The average Bonchev–Trinajstić information content (AvgIpc) is 3.08. The lowest BCUT2D eigenvalue weighted by Crippen LogP contribution is -2.50. The minimum atomic E-state index is -0.166. The van der Waals surface area contributed by atoms with Crippen LogP contribution < -0.4 is 5.32 Å². The molecule has 0 saturated carbocycles. The number of amides is 2. The third kappa shape index (κ3) is 2.82. The summed E-state index contributed by atoms with van der Waals surface area (Å²) in [7, 11) is 4.02. The topological polar surface area (TPSA) is 79.4 Å². The number of likely N-dealkylation sites (N-methyl/N-ethyl adjacent to an activating group) is 1. The van der Waals surface area contributed by atoms with E-state index < -0.39 is 0 Å². The fourth-order valence-corrected chi connectivity index (χ4v) is 2.65. The van der Waals surface area contributed by atoms with Gasteiger partial charge in [0.25, 0.3) is 0 Å². The Morgan fingerprint density at radius 2 is 2.23 bits per heavy atom. The lowest BCUT2D eigenvalue weighted by molar-refractivity contribution is 0.110. The smallest absolute Gasteiger partial charge is 0.323 e. The SMILES string of the molecule is Cc1cc(NC(=O)N2CCN(C)[C@@H](c3nccn3C)C2)no1. The van der Waals surface area contributed by atoms with E-state index in [0.29, 0.717) is 24.7 Å². The van der Waals surface area contributed by atoms with Crippen molar-refractivity contribution in [2.75, 3.05) is 32.0 Å². The zero-order chi connectivity index (χ0) is 15.7. The van der Waals surface area contributed by atoms with Gasteiger partial charge in [-0.1, -0.05) is 5.16 Å². The summed E-state index contributed by atoms with van der Waals surface area (Å²) in [4.78, 5) is 20.8. The maximum absolute atomic E-state index is 12.4. The molecule has 1 aliphatic heterocycles. The van der Waals surface area contributed by atoms with Crippen molar-refractivity contribution in [3.63, 3.8) is 0 Å². The molecule has 1 saturated heterocycles. The number of nitrogens with zero attached hydrogens (tertiary/aromatic N) is 5. The van der Waals surface area contributed by atoms with Crippen LogP contribution in [0.4, 0.5) is 10.6 Å². The molecular formula is C14H20N6O2. The first-order valence-corrected chi connectivity index (χ1v) is 7.21. The number of aromatic nitrogens is 3.